The number of nitrogen functional groups attached to an aromatic ring is 1. The zero-order valence-electron chi connectivity index (χ0n) is 19.5. The molecule has 0 spiro atoms. The van der Waals surface area contributed by atoms with Gasteiger partial charge in [-0.15, -0.1) is 0 Å². The summed E-state index contributed by atoms with van der Waals surface area (Å²) >= 11 is 1.84. The molecule has 35 heavy (non-hydrogen) atoms. The number of hydrogen-bond donors (Lipinski definition) is 2. The van der Waals surface area contributed by atoms with Gasteiger partial charge >= 0.3 is 0 Å². The Balaban J connectivity index is 1.04. The van der Waals surface area contributed by atoms with Crippen molar-refractivity contribution >= 4 is 23.7 Å². The molecule has 8 heteroatoms. The van der Waals surface area contributed by atoms with Crippen molar-refractivity contribution in [3.63, 3.8) is 0 Å². The van der Waals surface area contributed by atoms with Crippen LogP contribution in [0.1, 0.15) is 66.5 Å². The second kappa shape index (κ2) is 9.76. The molecule has 0 bridgehead atoms. The Morgan fingerprint density at radius 3 is 2.80 bits per heavy atom. The summed E-state index contributed by atoms with van der Waals surface area (Å²) in [5, 5.41) is 15.1. The molecule has 1 aromatic carbocycles. The quantitative estimate of drug-likeness (QED) is 0.435. The van der Waals surface area contributed by atoms with E-state index in [0.29, 0.717) is 18.2 Å². The van der Waals surface area contributed by atoms with Gasteiger partial charge in [0.1, 0.15) is 23.6 Å². The molecule has 3 heterocycles. The molecule has 3 aromatic rings. The van der Waals surface area contributed by atoms with E-state index < -0.39 is 6.10 Å². The summed E-state index contributed by atoms with van der Waals surface area (Å²) < 4.78 is 12.1. The molecule has 3 N–H and O–H groups in total. The van der Waals surface area contributed by atoms with Crippen LogP contribution in [0.4, 0.5) is 5.82 Å². The molecule has 0 radical (unpaired) electrons. The molecule has 2 aliphatic carbocycles. The maximum absolute atomic E-state index is 10.7. The van der Waals surface area contributed by atoms with Gasteiger partial charge in [-0.2, -0.15) is 11.8 Å². The van der Waals surface area contributed by atoms with Crippen LogP contribution >= 0.6 is 11.8 Å². The molecule has 7 nitrogen and oxygen atoms in total. The van der Waals surface area contributed by atoms with Crippen LogP contribution in [0.5, 0.6) is 0 Å². The average Bonchev–Trinajstić information content (AvgIpc) is 3.33. The maximum Gasteiger partial charge on any atom is 0.144 e. The lowest BCUT2D eigenvalue weighted by atomic mass is 9.97. The number of aliphatic hydroxyl groups is 1. The number of anilines is 1. The monoisotopic (exact) mass is 490 g/mol. The Morgan fingerprint density at radius 2 is 1.97 bits per heavy atom. The molecule has 2 fully saturated rings. The molecule has 1 aliphatic heterocycles. The highest BCUT2D eigenvalue weighted by Crippen LogP contribution is 2.45. The van der Waals surface area contributed by atoms with Crippen LogP contribution in [0.3, 0.4) is 0 Å². The topological polar surface area (TPSA) is 107 Å². The van der Waals surface area contributed by atoms with Crippen LogP contribution in [0, 0.1) is 0 Å². The predicted molar refractivity (Wildman–Crippen MR) is 137 cm³/mol. The first kappa shape index (κ1) is 22.8. The number of aliphatic hydroxyl groups excluding tert-OH is 1. The van der Waals surface area contributed by atoms with E-state index in [1.165, 1.54) is 24.7 Å². The fourth-order valence-electron chi connectivity index (χ4n) is 5.20. The zero-order chi connectivity index (χ0) is 23.8. The third-order valence-corrected chi connectivity index (χ3v) is 8.32. The molecule has 2 aromatic heterocycles. The Labute approximate surface area is 209 Å². The van der Waals surface area contributed by atoms with Crippen molar-refractivity contribution in [1.82, 2.24) is 15.1 Å². The average molecular weight is 491 g/mol. The van der Waals surface area contributed by atoms with E-state index in [4.69, 9.17) is 15.0 Å². The highest BCUT2D eigenvalue weighted by molar-refractivity contribution is 7.98. The van der Waals surface area contributed by atoms with Crippen molar-refractivity contribution in [2.24, 2.45) is 0 Å². The third-order valence-electron chi connectivity index (χ3n) is 7.22. The van der Waals surface area contributed by atoms with Gasteiger partial charge in [0, 0.05) is 46.5 Å². The van der Waals surface area contributed by atoms with E-state index in [0.717, 1.165) is 52.6 Å². The molecule has 6 rings (SSSR count). The van der Waals surface area contributed by atoms with Gasteiger partial charge in [0.15, 0.2) is 0 Å². The lowest BCUT2D eigenvalue weighted by Crippen LogP contribution is -2.21. The number of hydrogen-bond acceptors (Lipinski definition) is 8. The molecular formula is C27H30N4O3S. The van der Waals surface area contributed by atoms with Gasteiger partial charge in [-0.25, -0.2) is 9.97 Å². The van der Waals surface area contributed by atoms with E-state index in [-0.39, 0.29) is 18.1 Å². The van der Waals surface area contributed by atoms with Gasteiger partial charge < -0.3 is 20.1 Å². The van der Waals surface area contributed by atoms with Crippen molar-refractivity contribution in [3.8, 4) is 11.3 Å². The van der Waals surface area contributed by atoms with Crippen molar-refractivity contribution < 1.29 is 14.4 Å². The summed E-state index contributed by atoms with van der Waals surface area (Å²) in [6, 6.07) is 10.3. The Morgan fingerprint density at radius 1 is 1.11 bits per heavy atom. The maximum atomic E-state index is 10.7. The summed E-state index contributed by atoms with van der Waals surface area (Å²) in [5.74, 6) is 3.97. The summed E-state index contributed by atoms with van der Waals surface area (Å²) in [4.78, 5) is 8.50. The van der Waals surface area contributed by atoms with Crippen molar-refractivity contribution in [2.75, 3.05) is 11.5 Å². The highest BCUT2D eigenvalue weighted by Gasteiger charge is 2.36. The van der Waals surface area contributed by atoms with Crippen LogP contribution in [-0.4, -0.2) is 44.3 Å². The van der Waals surface area contributed by atoms with Crippen LogP contribution in [0.25, 0.3) is 17.3 Å². The van der Waals surface area contributed by atoms with E-state index >= 15 is 0 Å². The largest absolute Gasteiger partial charge is 0.390 e. The Bertz CT molecular complexity index is 1210. The van der Waals surface area contributed by atoms with Crippen molar-refractivity contribution in [3.05, 3.63) is 65.3 Å². The van der Waals surface area contributed by atoms with E-state index in [2.05, 4.69) is 33.3 Å². The van der Waals surface area contributed by atoms with Gasteiger partial charge in [-0.1, -0.05) is 47.6 Å². The van der Waals surface area contributed by atoms with Crippen LogP contribution < -0.4 is 5.73 Å². The molecule has 3 aliphatic rings. The van der Waals surface area contributed by atoms with Crippen LogP contribution in [0.2, 0.25) is 0 Å². The number of nitrogens with zero attached hydrogens (tertiary/aromatic N) is 3. The van der Waals surface area contributed by atoms with Crippen molar-refractivity contribution in [2.45, 2.75) is 68.0 Å². The van der Waals surface area contributed by atoms with Crippen LogP contribution in [0.15, 0.2) is 47.3 Å². The summed E-state index contributed by atoms with van der Waals surface area (Å²) in [7, 11) is 0. The fraction of sp³-hybridized carbons (Fsp3) is 0.444. The summed E-state index contributed by atoms with van der Waals surface area (Å²) in [5.41, 5.74) is 11.1. The number of ether oxygens (including phenoxy) is 1. The molecule has 1 saturated heterocycles. The minimum absolute atomic E-state index is 0.0498. The molecular weight excluding hydrogens is 460 g/mol. The predicted octanol–water partition coefficient (Wildman–Crippen LogP) is 4.93. The van der Waals surface area contributed by atoms with Gasteiger partial charge in [-0.3, -0.25) is 0 Å². The Kier molecular flexibility index (Phi) is 6.35. The molecule has 0 amide bonds. The molecule has 4 atom stereocenters. The second-order valence-electron chi connectivity index (χ2n) is 9.73. The number of rotatable bonds is 9. The number of thioether (sulfide) groups is 1. The van der Waals surface area contributed by atoms with Gasteiger partial charge in [0.2, 0.25) is 0 Å². The first-order chi connectivity index (χ1) is 17.2. The fourth-order valence-corrected chi connectivity index (χ4v) is 6.27. The van der Waals surface area contributed by atoms with Crippen molar-refractivity contribution in [1.29, 1.82) is 0 Å². The second-order valence-corrected chi connectivity index (χ2v) is 10.8. The minimum Gasteiger partial charge on any atom is -0.390 e. The lowest BCUT2D eigenvalue weighted by molar-refractivity contribution is 0.0112. The van der Waals surface area contributed by atoms with E-state index in [1.807, 2.05) is 36.0 Å². The van der Waals surface area contributed by atoms with Gasteiger partial charge in [0.25, 0.3) is 0 Å². The van der Waals surface area contributed by atoms with E-state index in [1.54, 1.807) is 0 Å². The summed E-state index contributed by atoms with van der Waals surface area (Å²) in [6.07, 6.45) is 9.83. The van der Waals surface area contributed by atoms with Gasteiger partial charge in [0.05, 0.1) is 24.0 Å². The zero-order valence-corrected chi connectivity index (χ0v) is 20.4. The first-order valence-electron chi connectivity index (χ1n) is 12.4. The van der Waals surface area contributed by atoms with E-state index in [9.17, 15) is 5.11 Å². The summed E-state index contributed by atoms with van der Waals surface area (Å²) in [6.45, 7) is 0. The number of nitrogens with two attached hydrogens (primary N) is 1. The first-order valence-corrected chi connectivity index (χ1v) is 13.6. The smallest absolute Gasteiger partial charge is 0.144 e. The van der Waals surface area contributed by atoms with Crippen LogP contribution in [-0.2, 0) is 10.5 Å². The highest BCUT2D eigenvalue weighted by atomic mass is 32.2. The standard InChI is InChI=1S/C27H30N4O3S/c28-27-20-10-8-17(24(20)29-15-30-27)9-11-23-22(32)12-19(33-23)13-35-14-21-25(16-4-2-1-3-5-16)31-34-26(21)18-6-7-18/h1-5,8,10,15,17-19,22-23,32H,6-7,9,11-14H2,(H2,28,29,30)/t17?,19-,22+,23-/m0/s1. The number of fused-ring (bicyclic) bond motifs is 1. The normalized spacial score (nSPS) is 25.3. The number of benzene rings is 1. The SMILES string of the molecule is Nc1ncnc2c1C=CC2CC[C@@H]1O[C@H](CSCc2c(-c3ccccc3)noc2C2CC2)C[C@H]1O. The Hall–Kier alpha value is -2.68. The molecule has 182 valence electrons. The lowest BCUT2D eigenvalue weighted by Gasteiger charge is -2.17. The van der Waals surface area contributed by atoms with Gasteiger partial charge in [-0.05, 0) is 25.7 Å². The molecule has 1 unspecified atom stereocenters. The number of allylic oxidation sites excluding steroid dienone is 1. The third kappa shape index (κ3) is 4.75. The number of aromatic nitrogens is 3. The minimum atomic E-state index is -0.432. The molecule has 1 saturated carbocycles.